The summed E-state index contributed by atoms with van der Waals surface area (Å²) >= 11 is 7.39. The van der Waals surface area contributed by atoms with Crippen molar-refractivity contribution in [3.05, 3.63) is 51.7 Å². The van der Waals surface area contributed by atoms with Crippen LogP contribution in [0.4, 0.5) is 0 Å². The van der Waals surface area contributed by atoms with Crippen LogP contribution in [0.15, 0.2) is 41.8 Å². The van der Waals surface area contributed by atoms with Gasteiger partial charge in [-0.25, -0.2) is 0 Å². The molecule has 0 aliphatic heterocycles. The lowest BCUT2D eigenvalue weighted by Crippen LogP contribution is -2.29. The van der Waals surface area contributed by atoms with E-state index in [0.29, 0.717) is 54.6 Å². The van der Waals surface area contributed by atoms with Crippen LogP contribution in [0.1, 0.15) is 28.9 Å². The molecule has 0 saturated heterocycles. The molecule has 0 atom stereocenters. The number of nitrogens with one attached hydrogen (secondary N) is 2. The average Bonchev–Trinajstić information content (AvgIpc) is 3.14. The molecule has 5 nitrogen and oxygen atoms in total. The van der Waals surface area contributed by atoms with Gasteiger partial charge in [-0.15, -0.1) is 11.3 Å². The summed E-state index contributed by atoms with van der Waals surface area (Å²) < 4.78 is 5.53. The summed E-state index contributed by atoms with van der Waals surface area (Å²) in [6.07, 6.45) is 1.71. The van der Waals surface area contributed by atoms with Gasteiger partial charge in [-0.3, -0.25) is 9.59 Å². The van der Waals surface area contributed by atoms with Gasteiger partial charge in [0, 0.05) is 19.5 Å². The molecule has 0 radical (unpaired) electrons. The van der Waals surface area contributed by atoms with Crippen LogP contribution in [0.3, 0.4) is 0 Å². The van der Waals surface area contributed by atoms with E-state index < -0.39 is 0 Å². The molecule has 0 fully saturated rings. The molecule has 0 bridgehead atoms. The zero-order valence-electron chi connectivity index (χ0n) is 13.8. The van der Waals surface area contributed by atoms with Crippen molar-refractivity contribution >= 4 is 34.8 Å². The topological polar surface area (TPSA) is 67.4 Å². The highest BCUT2D eigenvalue weighted by atomic mass is 35.5. The molecular formula is C18H21ClN2O3S. The van der Waals surface area contributed by atoms with Crippen molar-refractivity contribution in [1.82, 2.24) is 10.6 Å². The predicted molar refractivity (Wildman–Crippen MR) is 100 cm³/mol. The van der Waals surface area contributed by atoms with E-state index in [0.717, 1.165) is 0 Å². The third kappa shape index (κ3) is 7.15. The number of ether oxygens (including phenoxy) is 1. The van der Waals surface area contributed by atoms with Gasteiger partial charge >= 0.3 is 0 Å². The van der Waals surface area contributed by atoms with Gasteiger partial charge in [0.05, 0.1) is 16.5 Å². The number of benzene rings is 1. The molecule has 1 aromatic heterocycles. The highest BCUT2D eigenvalue weighted by Gasteiger charge is 2.05. The summed E-state index contributed by atoms with van der Waals surface area (Å²) in [4.78, 5) is 24.1. The summed E-state index contributed by atoms with van der Waals surface area (Å²) in [6, 6.07) is 10.9. The van der Waals surface area contributed by atoms with Gasteiger partial charge in [0.25, 0.3) is 5.91 Å². The largest absolute Gasteiger partial charge is 0.492 e. The van der Waals surface area contributed by atoms with Gasteiger partial charge < -0.3 is 15.4 Å². The van der Waals surface area contributed by atoms with Crippen LogP contribution in [0, 0.1) is 0 Å². The standard InChI is InChI=1S/C18H21ClN2O3S/c19-14-6-1-2-7-15(14)24-12-3-9-17(22)20-10-5-11-21-18(23)16-8-4-13-25-16/h1-2,4,6-8,13H,3,5,9-12H2,(H,20,22)(H,21,23). The maximum absolute atomic E-state index is 11.7. The van der Waals surface area contributed by atoms with Crippen molar-refractivity contribution < 1.29 is 14.3 Å². The lowest BCUT2D eigenvalue weighted by atomic mass is 10.3. The summed E-state index contributed by atoms with van der Waals surface area (Å²) in [5.41, 5.74) is 0. The van der Waals surface area contributed by atoms with Gasteiger partial charge in [-0.05, 0) is 36.4 Å². The van der Waals surface area contributed by atoms with E-state index in [4.69, 9.17) is 16.3 Å². The predicted octanol–water partition coefficient (Wildman–Crippen LogP) is 3.50. The average molecular weight is 381 g/mol. The minimum absolute atomic E-state index is 0.0210. The first-order chi connectivity index (χ1) is 12.2. The SMILES string of the molecule is O=C(CCCOc1ccccc1Cl)NCCCNC(=O)c1cccs1. The van der Waals surface area contributed by atoms with E-state index >= 15 is 0 Å². The van der Waals surface area contributed by atoms with Gasteiger partial charge in [0.2, 0.25) is 5.91 Å². The highest BCUT2D eigenvalue weighted by molar-refractivity contribution is 7.12. The Hall–Kier alpha value is -2.05. The molecule has 25 heavy (non-hydrogen) atoms. The van der Waals surface area contributed by atoms with Crippen molar-refractivity contribution in [2.24, 2.45) is 0 Å². The number of hydrogen-bond acceptors (Lipinski definition) is 4. The first kappa shape index (κ1) is 19.3. The van der Waals surface area contributed by atoms with Crippen molar-refractivity contribution in [2.45, 2.75) is 19.3 Å². The van der Waals surface area contributed by atoms with Crippen LogP contribution in [-0.4, -0.2) is 31.5 Å². The number of hydrogen-bond donors (Lipinski definition) is 2. The second-order valence-corrected chi connectivity index (χ2v) is 6.67. The van der Waals surface area contributed by atoms with E-state index in [1.807, 2.05) is 23.6 Å². The molecule has 0 saturated carbocycles. The summed E-state index contributed by atoms with van der Waals surface area (Å²) in [5, 5.41) is 8.09. The molecular weight excluding hydrogens is 360 g/mol. The Morgan fingerprint density at radius 2 is 1.84 bits per heavy atom. The van der Waals surface area contributed by atoms with Crippen LogP contribution < -0.4 is 15.4 Å². The minimum Gasteiger partial charge on any atom is -0.492 e. The van der Waals surface area contributed by atoms with Gasteiger partial charge in [0.1, 0.15) is 5.75 Å². The Morgan fingerprint density at radius 1 is 1.04 bits per heavy atom. The maximum atomic E-state index is 11.7. The number of para-hydroxylation sites is 1. The second-order valence-electron chi connectivity index (χ2n) is 5.32. The quantitative estimate of drug-likeness (QED) is 0.620. The lowest BCUT2D eigenvalue weighted by molar-refractivity contribution is -0.121. The van der Waals surface area contributed by atoms with Crippen LogP contribution in [-0.2, 0) is 4.79 Å². The van der Waals surface area contributed by atoms with E-state index in [1.54, 1.807) is 18.2 Å². The molecule has 7 heteroatoms. The van der Waals surface area contributed by atoms with Crippen LogP contribution >= 0.6 is 22.9 Å². The fourth-order valence-electron chi connectivity index (χ4n) is 2.08. The normalized spacial score (nSPS) is 10.3. The van der Waals surface area contributed by atoms with E-state index in [9.17, 15) is 9.59 Å². The maximum Gasteiger partial charge on any atom is 0.261 e. The fourth-order valence-corrected chi connectivity index (χ4v) is 2.91. The van der Waals surface area contributed by atoms with Gasteiger partial charge in [0.15, 0.2) is 0 Å². The number of halogens is 1. The number of carbonyl (C=O) groups is 2. The zero-order valence-corrected chi connectivity index (χ0v) is 15.4. The van der Waals surface area contributed by atoms with Crippen LogP contribution in [0.2, 0.25) is 5.02 Å². The first-order valence-corrected chi connectivity index (χ1v) is 9.38. The number of carbonyl (C=O) groups excluding carboxylic acids is 2. The fraction of sp³-hybridized carbons (Fsp3) is 0.333. The van der Waals surface area contributed by atoms with Gasteiger partial charge in [-0.1, -0.05) is 29.8 Å². The van der Waals surface area contributed by atoms with Crippen LogP contribution in [0.5, 0.6) is 5.75 Å². The Labute approximate surface area is 156 Å². The van der Waals surface area contributed by atoms with Crippen molar-refractivity contribution in [2.75, 3.05) is 19.7 Å². The van der Waals surface area contributed by atoms with Gasteiger partial charge in [-0.2, -0.15) is 0 Å². The molecule has 0 aliphatic carbocycles. The molecule has 0 spiro atoms. The third-order valence-electron chi connectivity index (χ3n) is 3.35. The van der Waals surface area contributed by atoms with E-state index in [1.165, 1.54) is 11.3 Å². The molecule has 0 aliphatic rings. The Bertz CT molecular complexity index is 677. The smallest absolute Gasteiger partial charge is 0.261 e. The molecule has 134 valence electrons. The summed E-state index contributed by atoms with van der Waals surface area (Å²) in [7, 11) is 0. The molecule has 1 heterocycles. The van der Waals surface area contributed by atoms with Crippen molar-refractivity contribution in [3.8, 4) is 5.75 Å². The van der Waals surface area contributed by atoms with Crippen LogP contribution in [0.25, 0.3) is 0 Å². The highest BCUT2D eigenvalue weighted by Crippen LogP contribution is 2.23. The first-order valence-electron chi connectivity index (χ1n) is 8.12. The summed E-state index contributed by atoms with van der Waals surface area (Å²) in [5.74, 6) is 0.538. The molecule has 2 rings (SSSR count). The lowest BCUT2D eigenvalue weighted by Gasteiger charge is -2.08. The van der Waals surface area contributed by atoms with E-state index in [2.05, 4.69) is 10.6 Å². The molecule has 1 aromatic carbocycles. The number of amides is 2. The number of rotatable bonds is 10. The third-order valence-corrected chi connectivity index (χ3v) is 4.53. The Kier molecular flexibility index (Phi) is 8.28. The van der Waals surface area contributed by atoms with E-state index in [-0.39, 0.29) is 11.8 Å². The minimum atomic E-state index is -0.0713. The monoisotopic (exact) mass is 380 g/mol. The van der Waals surface area contributed by atoms with Crippen molar-refractivity contribution in [1.29, 1.82) is 0 Å². The Balaban J connectivity index is 1.48. The molecule has 2 N–H and O–H groups in total. The second kappa shape index (κ2) is 10.7. The molecule has 2 amide bonds. The zero-order chi connectivity index (χ0) is 17.9. The molecule has 2 aromatic rings. The van der Waals surface area contributed by atoms with Crippen molar-refractivity contribution in [3.63, 3.8) is 0 Å². The summed E-state index contributed by atoms with van der Waals surface area (Å²) in [6.45, 7) is 1.51. The Morgan fingerprint density at radius 3 is 2.60 bits per heavy atom. The number of thiophene rings is 1. The molecule has 0 unspecified atom stereocenters.